The Kier molecular flexibility index (Phi) is 4.16. The Morgan fingerprint density at radius 2 is 1.74 bits per heavy atom. The van der Waals surface area contributed by atoms with Gasteiger partial charge in [-0.25, -0.2) is 0 Å². The van der Waals surface area contributed by atoms with Crippen molar-refractivity contribution in [1.29, 1.82) is 5.41 Å². The van der Waals surface area contributed by atoms with Crippen molar-refractivity contribution in [3.05, 3.63) is 70.8 Å². The second kappa shape index (κ2) is 6.68. The van der Waals surface area contributed by atoms with Crippen molar-refractivity contribution < 1.29 is 0 Å². The van der Waals surface area contributed by atoms with Crippen LogP contribution in [-0.4, -0.2) is 5.71 Å². The van der Waals surface area contributed by atoms with Gasteiger partial charge < -0.3 is 5.41 Å². The van der Waals surface area contributed by atoms with Crippen LogP contribution in [0.2, 0.25) is 0 Å². The van der Waals surface area contributed by atoms with Crippen LogP contribution in [0, 0.1) is 34.5 Å². The highest BCUT2D eigenvalue weighted by atomic mass is 14.6. The zero-order chi connectivity index (χ0) is 18.3. The lowest BCUT2D eigenvalue weighted by molar-refractivity contribution is 0.225. The van der Waals surface area contributed by atoms with E-state index in [4.69, 9.17) is 5.41 Å². The van der Waals surface area contributed by atoms with Crippen LogP contribution < -0.4 is 0 Å². The predicted octanol–water partition coefficient (Wildman–Crippen LogP) is 5.79. The molecule has 3 aliphatic carbocycles. The highest BCUT2D eigenvalue weighted by Gasteiger charge is 2.44. The number of rotatable bonds is 2. The maximum atomic E-state index is 8.94. The van der Waals surface area contributed by atoms with Gasteiger partial charge in [0.05, 0.1) is 0 Å². The van der Waals surface area contributed by atoms with Crippen molar-refractivity contribution in [2.45, 2.75) is 51.4 Å². The molecule has 1 N–H and O–H groups in total. The summed E-state index contributed by atoms with van der Waals surface area (Å²) >= 11 is 0. The molecule has 3 aliphatic rings. The number of hydrogen-bond acceptors (Lipinski definition) is 1. The highest BCUT2D eigenvalue weighted by Crippen LogP contribution is 2.49. The van der Waals surface area contributed by atoms with E-state index < -0.39 is 0 Å². The summed E-state index contributed by atoms with van der Waals surface area (Å²) < 4.78 is 0. The van der Waals surface area contributed by atoms with Crippen molar-refractivity contribution in [2.75, 3.05) is 0 Å². The maximum absolute atomic E-state index is 8.94. The van der Waals surface area contributed by atoms with Gasteiger partial charge in [-0.05, 0) is 80.5 Å². The second-order valence-corrected chi connectivity index (χ2v) is 8.88. The molecule has 0 bridgehead atoms. The van der Waals surface area contributed by atoms with E-state index in [-0.39, 0.29) is 5.41 Å². The van der Waals surface area contributed by atoms with Gasteiger partial charge in [-0.1, -0.05) is 48.2 Å². The molecular weight excluding hydrogens is 326 g/mol. The van der Waals surface area contributed by atoms with Gasteiger partial charge in [-0.2, -0.15) is 0 Å². The van der Waals surface area contributed by atoms with Gasteiger partial charge in [0.2, 0.25) is 0 Å². The lowest BCUT2D eigenvalue weighted by Crippen LogP contribution is -2.33. The van der Waals surface area contributed by atoms with E-state index in [9.17, 15) is 0 Å². The summed E-state index contributed by atoms with van der Waals surface area (Å²) in [7, 11) is 0. The molecule has 1 heteroatoms. The van der Waals surface area contributed by atoms with E-state index in [0.29, 0.717) is 5.92 Å². The Hall–Kier alpha value is -2.33. The molecule has 5 rings (SSSR count). The molecule has 0 radical (unpaired) electrons. The van der Waals surface area contributed by atoms with E-state index in [1.54, 1.807) is 0 Å². The minimum absolute atomic E-state index is 0.0953. The van der Waals surface area contributed by atoms with Crippen LogP contribution in [0.25, 0.3) is 0 Å². The van der Waals surface area contributed by atoms with Crippen molar-refractivity contribution in [1.82, 2.24) is 0 Å². The molecule has 2 aromatic carbocycles. The van der Waals surface area contributed by atoms with Crippen molar-refractivity contribution >= 4 is 5.71 Å². The molecule has 2 fully saturated rings. The third-order valence-electron chi connectivity index (χ3n) is 6.87. The fraction of sp³-hybridized carbons (Fsp3) is 0.423. The summed E-state index contributed by atoms with van der Waals surface area (Å²) in [6.07, 6.45) is 9.62. The zero-order valence-electron chi connectivity index (χ0n) is 15.9. The third kappa shape index (κ3) is 3.34. The minimum atomic E-state index is 0.0953. The van der Waals surface area contributed by atoms with Gasteiger partial charge in [0, 0.05) is 28.2 Å². The molecule has 0 amide bonds. The van der Waals surface area contributed by atoms with Gasteiger partial charge in [0.1, 0.15) is 0 Å². The SMILES string of the molecule is N=C1c2cc(C#CC3CC3)ccc2CC12CCC(Cc1ccccc1)CC2. The van der Waals surface area contributed by atoms with Crippen LogP contribution in [0.3, 0.4) is 0 Å². The number of hydrogen-bond donors (Lipinski definition) is 1. The lowest BCUT2D eigenvalue weighted by atomic mass is 9.67. The highest BCUT2D eigenvalue weighted by molar-refractivity contribution is 6.07. The summed E-state index contributed by atoms with van der Waals surface area (Å²) in [5, 5.41) is 8.94. The Balaban J connectivity index is 1.29. The maximum Gasteiger partial charge on any atom is 0.0454 e. The van der Waals surface area contributed by atoms with E-state index >= 15 is 0 Å². The van der Waals surface area contributed by atoms with Gasteiger partial charge in [-0.3, -0.25) is 0 Å². The van der Waals surface area contributed by atoms with E-state index in [1.165, 1.54) is 61.6 Å². The molecule has 2 aromatic rings. The number of benzene rings is 2. The Morgan fingerprint density at radius 1 is 0.963 bits per heavy atom. The predicted molar refractivity (Wildman–Crippen MR) is 111 cm³/mol. The first-order chi connectivity index (χ1) is 13.2. The molecular formula is C26H27N. The standard InChI is InChI=1S/C26H27N/c27-25-24-17-21(9-8-19-6-7-19)10-11-23(24)18-26(25)14-12-22(13-15-26)16-20-4-2-1-3-5-20/h1-5,10-11,17,19,22,27H,6-7,12-16,18H2. The molecule has 0 aromatic heterocycles. The zero-order valence-corrected chi connectivity index (χ0v) is 15.9. The van der Waals surface area contributed by atoms with Gasteiger partial charge in [-0.15, -0.1) is 0 Å². The lowest BCUT2D eigenvalue weighted by Gasteiger charge is -2.37. The fourth-order valence-electron chi connectivity index (χ4n) is 5.00. The van der Waals surface area contributed by atoms with Crippen LogP contribution in [0.15, 0.2) is 48.5 Å². The summed E-state index contributed by atoms with van der Waals surface area (Å²) in [5.41, 5.74) is 6.10. The van der Waals surface area contributed by atoms with Crippen LogP contribution in [0.1, 0.15) is 60.8 Å². The Bertz CT molecular complexity index is 916. The molecule has 0 saturated heterocycles. The monoisotopic (exact) mass is 353 g/mol. The largest absolute Gasteiger partial charge is 0.304 e. The molecule has 27 heavy (non-hydrogen) atoms. The van der Waals surface area contributed by atoms with Crippen molar-refractivity contribution in [2.24, 2.45) is 17.3 Å². The minimum Gasteiger partial charge on any atom is -0.304 e. The normalized spacial score (nSPS) is 26.5. The Labute approximate surface area is 162 Å². The molecule has 0 aliphatic heterocycles. The van der Waals surface area contributed by atoms with Crippen LogP contribution >= 0.6 is 0 Å². The summed E-state index contributed by atoms with van der Waals surface area (Å²) in [4.78, 5) is 0. The first-order valence-electron chi connectivity index (χ1n) is 10.5. The number of nitrogens with one attached hydrogen (secondary N) is 1. The summed E-state index contributed by atoms with van der Waals surface area (Å²) in [5.74, 6) is 8.10. The molecule has 1 nitrogen and oxygen atoms in total. The number of fused-ring (bicyclic) bond motifs is 1. The fourth-order valence-corrected chi connectivity index (χ4v) is 5.00. The average Bonchev–Trinajstić information content (AvgIpc) is 3.49. The average molecular weight is 354 g/mol. The topological polar surface area (TPSA) is 23.9 Å². The third-order valence-corrected chi connectivity index (χ3v) is 6.87. The van der Waals surface area contributed by atoms with Crippen LogP contribution in [0.5, 0.6) is 0 Å². The molecule has 0 atom stereocenters. The molecule has 0 heterocycles. The van der Waals surface area contributed by atoms with Gasteiger partial charge in [0.15, 0.2) is 0 Å². The van der Waals surface area contributed by atoms with Crippen molar-refractivity contribution in [3.8, 4) is 11.8 Å². The molecule has 136 valence electrons. The molecule has 2 saturated carbocycles. The van der Waals surface area contributed by atoms with E-state index in [2.05, 4.69) is 60.4 Å². The van der Waals surface area contributed by atoms with Crippen molar-refractivity contribution in [3.63, 3.8) is 0 Å². The van der Waals surface area contributed by atoms with Crippen LogP contribution in [-0.2, 0) is 12.8 Å². The first kappa shape index (κ1) is 16.8. The summed E-state index contributed by atoms with van der Waals surface area (Å²) in [6, 6.07) is 17.5. The van der Waals surface area contributed by atoms with E-state index in [1.807, 2.05) is 0 Å². The molecule has 0 unspecified atom stereocenters. The van der Waals surface area contributed by atoms with Crippen LogP contribution in [0.4, 0.5) is 0 Å². The Morgan fingerprint density at radius 3 is 2.48 bits per heavy atom. The van der Waals surface area contributed by atoms with E-state index in [0.717, 1.165) is 23.6 Å². The first-order valence-corrected chi connectivity index (χ1v) is 10.5. The van der Waals surface area contributed by atoms with Gasteiger partial charge >= 0.3 is 0 Å². The quantitative estimate of drug-likeness (QED) is 0.661. The molecule has 1 spiro atoms. The van der Waals surface area contributed by atoms with Gasteiger partial charge in [0.25, 0.3) is 0 Å². The smallest absolute Gasteiger partial charge is 0.0454 e. The summed E-state index contributed by atoms with van der Waals surface area (Å²) in [6.45, 7) is 0. The second-order valence-electron chi connectivity index (χ2n) is 8.88.